The van der Waals surface area contributed by atoms with E-state index in [1.165, 1.54) is 6.20 Å². The van der Waals surface area contributed by atoms with Crippen LogP contribution in [-0.2, 0) is 0 Å². The van der Waals surface area contributed by atoms with Gasteiger partial charge in [0, 0.05) is 12.7 Å². The van der Waals surface area contributed by atoms with Crippen LogP contribution in [-0.4, -0.2) is 28.5 Å². The van der Waals surface area contributed by atoms with Crippen LogP contribution >= 0.6 is 27.7 Å². The number of anilines is 1. The third kappa shape index (κ3) is 3.64. The fourth-order valence-corrected chi connectivity index (χ4v) is 2.06. The number of rotatable bonds is 6. The second-order valence-corrected chi connectivity index (χ2v) is 4.89. The highest BCUT2D eigenvalue weighted by molar-refractivity contribution is 9.10. The summed E-state index contributed by atoms with van der Waals surface area (Å²) in [5.41, 5.74) is 0.500. The van der Waals surface area contributed by atoms with Crippen LogP contribution in [0.25, 0.3) is 0 Å². The molecule has 1 aromatic heterocycles. The van der Waals surface area contributed by atoms with E-state index in [4.69, 9.17) is 0 Å². The van der Waals surface area contributed by atoms with E-state index in [0.717, 1.165) is 12.2 Å². The molecule has 0 unspecified atom stereocenters. The number of hydrogen-bond donors (Lipinski definition) is 1. The number of halogens is 1. The van der Waals surface area contributed by atoms with E-state index < -0.39 is 4.92 Å². The number of nitrogens with zero attached hydrogens (tertiary/aromatic N) is 2. The van der Waals surface area contributed by atoms with E-state index in [1.807, 2.05) is 6.26 Å². The predicted octanol–water partition coefficient (Wildman–Crippen LogP) is 2.92. The second-order valence-electron chi connectivity index (χ2n) is 3.05. The van der Waals surface area contributed by atoms with Crippen LogP contribution in [0, 0.1) is 10.1 Å². The predicted molar refractivity (Wildman–Crippen MR) is 70.1 cm³/mol. The van der Waals surface area contributed by atoms with Gasteiger partial charge in [-0.3, -0.25) is 15.1 Å². The van der Waals surface area contributed by atoms with Crippen LogP contribution in [0.15, 0.2) is 16.9 Å². The topological polar surface area (TPSA) is 68.1 Å². The van der Waals surface area contributed by atoms with Gasteiger partial charge in [0.15, 0.2) is 0 Å². The van der Waals surface area contributed by atoms with Crippen molar-refractivity contribution in [1.82, 2.24) is 4.98 Å². The Kier molecular flexibility index (Phi) is 5.54. The SMILES string of the molecule is CSCCCNc1c(Br)cncc1[N+](=O)[O-]. The lowest BCUT2D eigenvalue weighted by Crippen LogP contribution is -2.06. The molecule has 0 saturated heterocycles. The Morgan fingerprint density at radius 1 is 1.62 bits per heavy atom. The Bertz CT molecular complexity index is 376. The molecule has 5 nitrogen and oxygen atoms in total. The Morgan fingerprint density at radius 3 is 3.00 bits per heavy atom. The average Bonchev–Trinajstić information content (AvgIpc) is 2.25. The molecule has 88 valence electrons. The zero-order valence-electron chi connectivity index (χ0n) is 8.77. The number of nitrogens with one attached hydrogen (secondary N) is 1. The maximum atomic E-state index is 10.8. The smallest absolute Gasteiger partial charge is 0.311 e. The molecular weight excluding hydrogens is 294 g/mol. The van der Waals surface area contributed by atoms with Gasteiger partial charge in [0.05, 0.1) is 9.40 Å². The van der Waals surface area contributed by atoms with Gasteiger partial charge in [0.1, 0.15) is 11.9 Å². The number of nitro groups is 1. The third-order valence-corrected chi connectivity index (χ3v) is 3.20. The van der Waals surface area contributed by atoms with Crippen LogP contribution in [0.1, 0.15) is 6.42 Å². The standard InChI is InChI=1S/C9H12BrN3O2S/c1-16-4-2-3-12-9-7(10)5-11-6-8(9)13(14)15/h5-6H,2-4H2,1H3,(H,11,12). The average molecular weight is 306 g/mol. The Labute approximate surface area is 106 Å². The van der Waals surface area contributed by atoms with Crippen molar-refractivity contribution in [3.05, 3.63) is 27.0 Å². The molecule has 0 aliphatic carbocycles. The number of thioether (sulfide) groups is 1. The van der Waals surface area contributed by atoms with Crippen molar-refractivity contribution < 1.29 is 4.92 Å². The Hall–Kier alpha value is -0.820. The molecule has 1 N–H and O–H groups in total. The van der Waals surface area contributed by atoms with Crippen LogP contribution in [0.5, 0.6) is 0 Å². The molecular formula is C9H12BrN3O2S. The number of hydrogen-bond acceptors (Lipinski definition) is 5. The summed E-state index contributed by atoms with van der Waals surface area (Å²) in [7, 11) is 0. The minimum Gasteiger partial charge on any atom is -0.378 e. The molecule has 7 heteroatoms. The summed E-state index contributed by atoms with van der Waals surface area (Å²) in [6, 6.07) is 0. The van der Waals surface area contributed by atoms with Crippen LogP contribution in [0.2, 0.25) is 0 Å². The van der Waals surface area contributed by atoms with Crippen molar-refractivity contribution in [2.75, 3.05) is 23.9 Å². The Balaban J connectivity index is 2.73. The molecule has 0 aromatic carbocycles. The van der Waals surface area contributed by atoms with Gasteiger partial charge in [0.2, 0.25) is 0 Å². The van der Waals surface area contributed by atoms with E-state index in [2.05, 4.69) is 26.2 Å². The van der Waals surface area contributed by atoms with Gasteiger partial charge in [-0.25, -0.2) is 0 Å². The molecule has 0 aliphatic heterocycles. The van der Waals surface area contributed by atoms with E-state index in [9.17, 15) is 10.1 Å². The molecule has 0 saturated carbocycles. The first-order valence-corrected chi connectivity index (χ1v) is 6.86. The summed E-state index contributed by atoms with van der Waals surface area (Å²) >= 11 is 5.00. The maximum absolute atomic E-state index is 10.8. The summed E-state index contributed by atoms with van der Waals surface area (Å²) in [6.07, 6.45) is 5.80. The monoisotopic (exact) mass is 305 g/mol. The molecule has 0 amide bonds. The molecule has 1 rings (SSSR count). The van der Waals surface area contributed by atoms with Crippen molar-refractivity contribution in [3.8, 4) is 0 Å². The van der Waals surface area contributed by atoms with Crippen LogP contribution in [0.4, 0.5) is 11.4 Å². The highest BCUT2D eigenvalue weighted by atomic mass is 79.9. The third-order valence-electron chi connectivity index (χ3n) is 1.90. The maximum Gasteiger partial charge on any atom is 0.311 e. The summed E-state index contributed by atoms with van der Waals surface area (Å²) in [5, 5.41) is 13.8. The van der Waals surface area contributed by atoms with Crippen molar-refractivity contribution in [2.45, 2.75) is 6.42 Å². The molecule has 0 fully saturated rings. The van der Waals surface area contributed by atoms with Gasteiger partial charge in [-0.2, -0.15) is 11.8 Å². The lowest BCUT2D eigenvalue weighted by Gasteiger charge is -2.07. The van der Waals surface area contributed by atoms with Crippen LogP contribution in [0.3, 0.4) is 0 Å². The van der Waals surface area contributed by atoms with Gasteiger partial charge in [-0.15, -0.1) is 0 Å². The first-order valence-electron chi connectivity index (χ1n) is 4.67. The van der Waals surface area contributed by atoms with E-state index in [1.54, 1.807) is 18.0 Å². The highest BCUT2D eigenvalue weighted by Crippen LogP contribution is 2.30. The van der Waals surface area contributed by atoms with Gasteiger partial charge in [0.25, 0.3) is 0 Å². The molecule has 0 bridgehead atoms. The first-order chi connectivity index (χ1) is 7.66. The molecule has 0 radical (unpaired) electrons. The zero-order chi connectivity index (χ0) is 12.0. The van der Waals surface area contributed by atoms with Gasteiger partial charge in [-0.1, -0.05) is 0 Å². The summed E-state index contributed by atoms with van der Waals surface area (Å²) in [4.78, 5) is 14.1. The van der Waals surface area contributed by atoms with Gasteiger partial charge < -0.3 is 5.32 Å². The second kappa shape index (κ2) is 6.70. The summed E-state index contributed by atoms with van der Waals surface area (Å²) in [5.74, 6) is 1.03. The van der Waals surface area contributed by atoms with E-state index in [0.29, 0.717) is 16.7 Å². The number of aromatic nitrogens is 1. The van der Waals surface area contributed by atoms with Crippen molar-refractivity contribution in [3.63, 3.8) is 0 Å². The molecule has 1 heterocycles. The van der Waals surface area contributed by atoms with Crippen molar-refractivity contribution >= 4 is 39.1 Å². The fraction of sp³-hybridized carbons (Fsp3) is 0.444. The van der Waals surface area contributed by atoms with Gasteiger partial charge >= 0.3 is 5.69 Å². The van der Waals surface area contributed by atoms with Crippen LogP contribution < -0.4 is 5.32 Å². The largest absolute Gasteiger partial charge is 0.378 e. The molecule has 16 heavy (non-hydrogen) atoms. The Morgan fingerprint density at radius 2 is 2.38 bits per heavy atom. The molecule has 0 atom stereocenters. The van der Waals surface area contributed by atoms with E-state index >= 15 is 0 Å². The number of pyridine rings is 1. The fourth-order valence-electron chi connectivity index (χ4n) is 1.17. The molecule has 1 aromatic rings. The summed E-state index contributed by atoms with van der Waals surface area (Å²) < 4.78 is 0.617. The first kappa shape index (κ1) is 13.2. The quantitative estimate of drug-likeness (QED) is 0.497. The minimum atomic E-state index is -0.436. The molecule has 0 aliphatic rings. The van der Waals surface area contributed by atoms with Gasteiger partial charge in [-0.05, 0) is 34.4 Å². The summed E-state index contributed by atoms with van der Waals surface area (Å²) in [6.45, 7) is 0.713. The lowest BCUT2D eigenvalue weighted by atomic mass is 10.3. The normalized spacial score (nSPS) is 10.1. The lowest BCUT2D eigenvalue weighted by molar-refractivity contribution is -0.384. The minimum absolute atomic E-state index is 0.00136. The van der Waals surface area contributed by atoms with E-state index in [-0.39, 0.29) is 5.69 Å². The van der Waals surface area contributed by atoms with Crippen molar-refractivity contribution in [2.24, 2.45) is 0 Å². The zero-order valence-corrected chi connectivity index (χ0v) is 11.2. The van der Waals surface area contributed by atoms with Crippen molar-refractivity contribution in [1.29, 1.82) is 0 Å². The molecule has 0 spiro atoms. The highest BCUT2D eigenvalue weighted by Gasteiger charge is 2.16.